The molecule has 1 spiro atoms. The molecule has 6 heteroatoms. The summed E-state index contributed by atoms with van der Waals surface area (Å²) in [6.45, 7) is 2.64. The van der Waals surface area contributed by atoms with E-state index in [1.165, 1.54) is 11.5 Å². The van der Waals surface area contributed by atoms with Crippen molar-refractivity contribution in [2.75, 3.05) is 13.1 Å². The van der Waals surface area contributed by atoms with Gasteiger partial charge in [0.25, 0.3) is 0 Å². The highest BCUT2D eigenvalue weighted by atomic mass is 16.3. The molecule has 0 aromatic carbocycles. The third-order valence-electron chi connectivity index (χ3n) is 6.37. The minimum Gasteiger partial charge on any atom is -0.469 e. The summed E-state index contributed by atoms with van der Waals surface area (Å²) in [5, 5.41) is 0. The summed E-state index contributed by atoms with van der Waals surface area (Å²) in [7, 11) is 0. The molecule has 0 atom stereocenters. The van der Waals surface area contributed by atoms with Crippen molar-refractivity contribution in [3.05, 3.63) is 60.7 Å². The van der Waals surface area contributed by atoms with Crippen LogP contribution in [0.4, 0.5) is 0 Å². The number of carbonyl (C=O) groups excluding carboxylic acids is 1. The molecule has 2 aliphatic heterocycles. The number of nitrogens with zero attached hydrogens (tertiary/aromatic N) is 4. The Kier molecular flexibility index (Phi) is 4.26. The molecule has 0 radical (unpaired) electrons. The Bertz CT molecular complexity index is 954. The van der Waals surface area contributed by atoms with Crippen LogP contribution in [-0.2, 0) is 24.2 Å². The third-order valence-corrected chi connectivity index (χ3v) is 6.37. The van der Waals surface area contributed by atoms with Crippen molar-refractivity contribution < 1.29 is 9.21 Å². The third kappa shape index (κ3) is 3.13. The van der Waals surface area contributed by atoms with Crippen LogP contribution in [-0.4, -0.2) is 38.4 Å². The van der Waals surface area contributed by atoms with Gasteiger partial charge in [0, 0.05) is 44.0 Å². The second-order valence-corrected chi connectivity index (χ2v) is 8.02. The number of imidazole rings is 1. The van der Waals surface area contributed by atoms with Crippen LogP contribution < -0.4 is 0 Å². The number of pyridine rings is 1. The van der Waals surface area contributed by atoms with Gasteiger partial charge >= 0.3 is 0 Å². The van der Waals surface area contributed by atoms with Gasteiger partial charge in [0.15, 0.2) is 0 Å². The standard InChI is InChI=1S/C22H24N4O2/c27-21(14-18-2-1-13-28-18)25-11-7-22(8-12-25)6-3-20-24-15-19(26(20)16-22)17-4-9-23-10-5-17/h1-2,4-5,9-10,13,15H,3,6-8,11-12,14,16H2. The number of carbonyl (C=O) groups is 1. The zero-order chi connectivity index (χ0) is 19.0. The number of aromatic nitrogens is 3. The van der Waals surface area contributed by atoms with Crippen LogP contribution in [0.2, 0.25) is 0 Å². The fourth-order valence-electron chi connectivity index (χ4n) is 4.65. The Hall–Kier alpha value is -2.89. The average Bonchev–Trinajstić information content (AvgIpc) is 3.38. The van der Waals surface area contributed by atoms with E-state index in [1.807, 2.05) is 47.8 Å². The summed E-state index contributed by atoms with van der Waals surface area (Å²) < 4.78 is 7.72. The van der Waals surface area contributed by atoms with Crippen molar-refractivity contribution in [1.82, 2.24) is 19.4 Å². The molecule has 5 heterocycles. The van der Waals surface area contributed by atoms with E-state index in [-0.39, 0.29) is 11.3 Å². The smallest absolute Gasteiger partial charge is 0.230 e. The Morgan fingerprint density at radius 1 is 1.14 bits per heavy atom. The van der Waals surface area contributed by atoms with Gasteiger partial charge in [-0.2, -0.15) is 0 Å². The summed E-state index contributed by atoms with van der Waals surface area (Å²) in [4.78, 5) is 23.4. The maximum atomic E-state index is 12.6. The van der Waals surface area contributed by atoms with Crippen molar-refractivity contribution in [3.8, 4) is 11.3 Å². The van der Waals surface area contributed by atoms with Gasteiger partial charge in [0.05, 0.1) is 24.6 Å². The van der Waals surface area contributed by atoms with E-state index in [4.69, 9.17) is 4.42 Å². The van der Waals surface area contributed by atoms with Gasteiger partial charge in [0.2, 0.25) is 5.91 Å². The Balaban J connectivity index is 1.29. The topological polar surface area (TPSA) is 64.2 Å². The number of piperidine rings is 1. The quantitative estimate of drug-likeness (QED) is 0.703. The minimum absolute atomic E-state index is 0.168. The second kappa shape index (κ2) is 6.93. The number of fused-ring (bicyclic) bond motifs is 1. The van der Waals surface area contributed by atoms with Crippen LogP contribution in [0.15, 0.2) is 53.5 Å². The van der Waals surface area contributed by atoms with Crippen LogP contribution in [0.3, 0.4) is 0 Å². The van der Waals surface area contributed by atoms with Gasteiger partial charge in [-0.1, -0.05) is 0 Å². The van der Waals surface area contributed by atoms with E-state index in [2.05, 4.69) is 14.5 Å². The monoisotopic (exact) mass is 376 g/mol. The highest BCUT2D eigenvalue weighted by Crippen LogP contribution is 2.42. The molecule has 0 bridgehead atoms. The molecule has 6 nitrogen and oxygen atoms in total. The molecule has 2 aliphatic rings. The Morgan fingerprint density at radius 3 is 2.71 bits per heavy atom. The molecule has 3 aromatic rings. The van der Waals surface area contributed by atoms with Gasteiger partial charge in [-0.25, -0.2) is 4.98 Å². The lowest BCUT2D eigenvalue weighted by molar-refractivity contribution is -0.133. The number of likely N-dealkylation sites (tertiary alicyclic amines) is 1. The second-order valence-electron chi connectivity index (χ2n) is 8.02. The number of rotatable bonds is 3. The highest BCUT2D eigenvalue weighted by molar-refractivity contribution is 5.78. The normalized spacial score (nSPS) is 18.2. The average molecular weight is 376 g/mol. The van der Waals surface area contributed by atoms with Crippen molar-refractivity contribution in [2.24, 2.45) is 5.41 Å². The van der Waals surface area contributed by atoms with E-state index in [0.717, 1.165) is 56.6 Å². The molecule has 3 aromatic heterocycles. The Morgan fingerprint density at radius 2 is 1.96 bits per heavy atom. The maximum Gasteiger partial charge on any atom is 0.230 e. The summed E-state index contributed by atoms with van der Waals surface area (Å²) in [6, 6.07) is 7.79. The molecule has 0 aliphatic carbocycles. The van der Waals surface area contributed by atoms with Crippen molar-refractivity contribution in [3.63, 3.8) is 0 Å². The summed E-state index contributed by atoms with van der Waals surface area (Å²) in [5.74, 6) is 2.09. The minimum atomic E-state index is 0.168. The van der Waals surface area contributed by atoms with Crippen LogP contribution in [0.25, 0.3) is 11.3 Å². The number of hydrogen-bond acceptors (Lipinski definition) is 4. The van der Waals surface area contributed by atoms with E-state index in [0.29, 0.717) is 6.42 Å². The molecular weight excluding hydrogens is 352 g/mol. The largest absolute Gasteiger partial charge is 0.469 e. The molecule has 0 saturated carbocycles. The summed E-state index contributed by atoms with van der Waals surface area (Å²) in [5.41, 5.74) is 2.60. The highest BCUT2D eigenvalue weighted by Gasteiger charge is 2.39. The van der Waals surface area contributed by atoms with Gasteiger partial charge < -0.3 is 13.9 Å². The van der Waals surface area contributed by atoms with Crippen molar-refractivity contribution in [1.29, 1.82) is 0 Å². The van der Waals surface area contributed by atoms with Gasteiger partial charge in [-0.3, -0.25) is 9.78 Å². The zero-order valence-corrected chi connectivity index (χ0v) is 15.9. The molecule has 5 rings (SSSR count). The van der Waals surface area contributed by atoms with E-state index >= 15 is 0 Å². The lowest BCUT2D eigenvalue weighted by Gasteiger charge is -2.44. The lowest BCUT2D eigenvalue weighted by atomic mass is 9.73. The van der Waals surface area contributed by atoms with E-state index in [1.54, 1.807) is 6.26 Å². The molecule has 1 fully saturated rings. The van der Waals surface area contributed by atoms with Crippen molar-refractivity contribution >= 4 is 5.91 Å². The molecule has 144 valence electrons. The van der Waals surface area contributed by atoms with Crippen LogP contribution in [0, 0.1) is 5.41 Å². The predicted molar refractivity (Wildman–Crippen MR) is 104 cm³/mol. The number of furan rings is 1. The molecule has 1 amide bonds. The van der Waals surface area contributed by atoms with E-state index < -0.39 is 0 Å². The van der Waals surface area contributed by atoms with Crippen LogP contribution >= 0.6 is 0 Å². The number of aryl methyl sites for hydroxylation is 1. The molecule has 28 heavy (non-hydrogen) atoms. The maximum absolute atomic E-state index is 12.6. The molecular formula is C22H24N4O2. The van der Waals surface area contributed by atoms with Gasteiger partial charge in [0.1, 0.15) is 11.6 Å². The fraction of sp³-hybridized carbons (Fsp3) is 0.409. The number of amides is 1. The van der Waals surface area contributed by atoms with Gasteiger partial charge in [-0.15, -0.1) is 0 Å². The summed E-state index contributed by atoms with van der Waals surface area (Å²) in [6.07, 6.45) is 11.9. The van der Waals surface area contributed by atoms with Crippen LogP contribution in [0.1, 0.15) is 30.8 Å². The van der Waals surface area contributed by atoms with Crippen molar-refractivity contribution in [2.45, 2.75) is 38.6 Å². The first kappa shape index (κ1) is 17.2. The lowest BCUT2D eigenvalue weighted by Crippen LogP contribution is -2.47. The Labute approximate surface area is 164 Å². The van der Waals surface area contributed by atoms with E-state index in [9.17, 15) is 4.79 Å². The predicted octanol–water partition coefficient (Wildman–Crippen LogP) is 3.34. The summed E-state index contributed by atoms with van der Waals surface area (Å²) >= 11 is 0. The number of hydrogen-bond donors (Lipinski definition) is 0. The first-order chi connectivity index (χ1) is 13.7. The molecule has 0 unspecified atom stereocenters. The zero-order valence-electron chi connectivity index (χ0n) is 15.9. The van der Waals surface area contributed by atoms with Crippen LogP contribution in [0.5, 0.6) is 0 Å². The molecule has 0 N–H and O–H groups in total. The first-order valence-corrected chi connectivity index (χ1v) is 9.97. The first-order valence-electron chi connectivity index (χ1n) is 9.97. The SMILES string of the molecule is O=C(Cc1ccco1)N1CCC2(CCc3ncc(-c4ccncc4)n3C2)CC1. The molecule has 1 saturated heterocycles. The fourth-order valence-corrected chi connectivity index (χ4v) is 4.65. The van der Waals surface area contributed by atoms with Gasteiger partial charge in [-0.05, 0) is 48.9 Å².